The number of nitrogens with zero attached hydrogens (tertiary/aromatic N) is 1. The Labute approximate surface area is 423 Å². The molecule has 0 radical (unpaired) electrons. The quantitative estimate of drug-likeness (QED) is 0.0553. The molecule has 0 spiro atoms. The van der Waals surface area contributed by atoms with Crippen molar-refractivity contribution in [1.82, 2.24) is 4.90 Å². The van der Waals surface area contributed by atoms with Crippen LogP contribution in [0.4, 0.5) is 0 Å². The summed E-state index contributed by atoms with van der Waals surface area (Å²) in [6, 6.07) is 50.6. The summed E-state index contributed by atoms with van der Waals surface area (Å²) in [7, 11) is -1.21. The summed E-state index contributed by atoms with van der Waals surface area (Å²) in [5, 5.41) is 2.17. The molecule has 71 heavy (non-hydrogen) atoms. The molecule has 10 nitrogen and oxygen atoms in total. The first-order valence-electron chi connectivity index (χ1n) is 25.2. The molecule has 2 aliphatic rings. The first-order valence-corrected chi connectivity index (χ1v) is 27.1. The Morgan fingerprint density at radius 1 is 0.761 bits per heavy atom. The topological polar surface area (TPSA) is 102 Å². The molecule has 0 amide bonds. The second-order valence-corrected chi connectivity index (χ2v) is 25.6. The lowest BCUT2D eigenvalue weighted by atomic mass is 9.80. The van der Waals surface area contributed by atoms with Gasteiger partial charge < -0.3 is 32.8 Å². The summed E-state index contributed by atoms with van der Waals surface area (Å²) in [4.78, 5) is 30.3. The fraction of sp³-hybridized carbons (Fsp3) is 0.433. The fourth-order valence-corrected chi connectivity index (χ4v) is 15.4. The number of methoxy groups -OCH3 is 1. The zero-order valence-corrected chi connectivity index (χ0v) is 44.6. The second kappa shape index (κ2) is 23.0. The van der Waals surface area contributed by atoms with Crippen LogP contribution in [0.15, 0.2) is 163 Å². The number of benzene rings is 5. The average molecular weight is 982 g/mol. The smallest absolute Gasteiger partial charge is 0.340 e. The molecule has 0 aromatic heterocycles. The maximum absolute atomic E-state index is 14.4. The molecular weight excluding hydrogens is 907 g/mol. The van der Waals surface area contributed by atoms with E-state index in [4.69, 9.17) is 32.8 Å². The van der Waals surface area contributed by atoms with E-state index in [0.29, 0.717) is 49.4 Å². The van der Waals surface area contributed by atoms with Gasteiger partial charge in [0.05, 0.1) is 35.0 Å². The van der Waals surface area contributed by atoms with E-state index in [1.165, 1.54) is 10.4 Å². The third-order valence-corrected chi connectivity index (χ3v) is 19.1. The van der Waals surface area contributed by atoms with Crippen LogP contribution in [0.25, 0.3) is 0 Å². The van der Waals surface area contributed by atoms with Crippen LogP contribution in [0.2, 0.25) is 5.04 Å². The highest BCUT2D eigenvalue weighted by Gasteiger charge is 2.53. The highest BCUT2D eigenvalue weighted by molar-refractivity contribution is 6.99. The van der Waals surface area contributed by atoms with Crippen LogP contribution in [0.3, 0.4) is 0 Å². The molecule has 0 saturated carbocycles. The molecule has 0 aliphatic carbocycles. The Bertz CT molecular complexity index is 2440. The highest BCUT2D eigenvalue weighted by atomic mass is 28.4. The van der Waals surface area contributed by atoms with Crippen molar-refractivity contribution in [3.8, 4) is 0 Å². The van der Waals surface area contributed by atoms with Gasteiger partial charge in [0.25, 0.3) is 8.32 Å². The lowest BCUT2D eigenvalue weighted by Crippen LogP contribution is -2.67. The summed E-state index contributed by atoms with van der Waals surface area (Å²) in [6.45, 7) is 21.8. The molecule has 4 unspecified atom stereocenters. The summed E-state index contributed by atoms with van der Waals surface area (Å²) >= 11 is 0. The third-order valence-electron chi connectivity index (χ3n) is 14.1. The number of cyclic esters (lactones) is 1. The molecule has 0 N–H and O–H groups in total. The number of ether oxygens (including phenoxy) is 6. The lowest BCUT2D eigenvalue weighted by Gasteiger charge is -2.49. The molecule has 2 aliphatic heterocycles. The van der Waals surface area contributed by atoms with Gasteiger partial charge in [-0.05, 0) is 78.2 Å². The van der Waals surface area contributed by atoms with Gasteiger partial charge in [0.1, 0.15) is 5.76 Å². The molecule has 8 atom stereocenters. The van der Waals surface area contributed by atoms with Crippen LogP contribution < -0.4 is 10.4 Å². The fourth-order valence-electron chi connectivity index (χ4n) is 10.7. The van der Waals surface area contributed by atoms with Crippen LogP contribution in [0, 0.1) is 11.8 Å². The molecular formula is C60H75NO9Si. The van der Waals surface area contributed by atoms with E-state index in [1.54, 1.807) is 40.0 Å². The van der Waals surface area contributed by atoms with Crippen LogP contribution in [-0.2, 0) is 50.7 Å². The van der Waals surface area contributed by atoms with Gasteiger partial charge in [0.15, 0.2) is 12.4 Å². The molecule has 5 aromatic rings. The SMILES string of the molecule is CO[C@](C)(C[C@@H](C)CO[Si](c1ccccc1)(c1ccccc1)C(C)(C)C)[C@H](OC1OC(C)CC(N(Cc2ccccc2)Cc2ccccc2)C1OC(=O)c1ccccc1)[C@@H](C)C1=C(C)C(=O)OC(C)(C)O1. The van der Waals surface area contributed by atoms with Crippen LogP contribution in [0.1, 0.15) is 104 Å². The van der Waals surface area contributed by atoms with Gasteiger partial charge in [-0.1, -0.05) is 174 Å². The normalized spacial score (nSPS) is 21.6. The first kappa shape index (κ1) is 53.4. The van der Waals surface area contributed by atoms with E-state index in [9.17, 15) is 9.59 Å². The van der Waals surface area contributed by atoms with Gasteiger partial charge >= 0.3 is 11.9 Å². The monoisotopic (exact) mass is 982 g/mol. The highest BCUT2D eigenvalue weighted by Crippen LogP contribution is 2.43. The van der Waals surface area contributed by atoms with Crippen molar-refractivity contribution in [3.05, 3.63) is 180 Å². The van der Waals surface area contributed by atoms with Crippen molar-refractivity contribution in [3.63, 3.8) is 0 Å². The summed E-state index contributed by atoms with van der Waals surface area (Å²) in [6.07, 6.45) is -2.11. The van der Waals surface area contributed by atoms with Crippen molar-refractivity contribution in [2.75, 3.05) is 13.7 Å². The van der Waals surface area contributed by atoms with E-state index in [0.717, 1.165) is 11.1 Å². The number of esters is 2. The van der Waals surface area contributed by atoms with Crippen LogP contribution in [0.5, 0.6) is 0 Å². The summed E-state index contributed by atoms with van der Waals surface area (Å²) < 4.78 is 47.6. The molecule has 5 aromatic carbocycles. The number of rotatable bonds is 20. The van der Waals surface area contributed by atoms with Gasteiger partial charge in [0.2, 0.25) is 5.79 Å². The van der Waals surface area contributed by atoms with Gasteiger partial charge in [0, 0.05) is 46.6 Å². The van der Waals surface area contributed by atoms with Crippen molar-refractivity contribution in [2.45, 2.75) is 142 Å². The molecule has 7 rings (SSSR count). The van der Waals surface area contributed by atoms with Gasteiger partial charge in [-0.25, -0.2) is 9.59 Å². The number of carbonyl (C=O) groups is 2. The Morgan fingerprint density at radius 2 is 1.25 bits per heavy atom. The molecule has 1 saturated heterocycles. The summed E-state index contributed by atoms with van der Waals surface area (Å²) in [5.74, 6) is -2.42. The Hall–Kier alpha value is -5.40. The van der Waals surface area contributed by atoms with Crippen LogP contribution >= 0.6 is 0 Å². The molecule has 11 heteroatoms. The van der Waals surface area contributed by atoms with Crippen molar-refractivity contribution in [1.29, 1.82) is 0 Å². The maximum Gasteiger partial charge on any atom is 0.340 e. The molecule has 0 bridgehead atoms. The third kappa shape index (κ3) is 12.6. The van der Waals surface area contributed by atoms with Crippen molar-refractivity contribution >= 4 is 30.6 Å². The average Bonchev–Trinajstić information content (AvgIpc) is 3.35. The maximum atomic E-state index is 14.4. The minimum atomic E-state index is -2.90. The van der Waals surface area contributed by atoms with Crippen molar-refractivity contribution in [2.24, 2.45) is 11.8 Å². The molecule has 378 valence electrons. The standard InChI is InChI=1S/C60H75NO9Si/c1-42(41-65-71(58(5,6)7,49-33-23-15-24-34-49)50-35-25-16-26-36-50)38-60(10,64-11)54(44(3)52-45(4)55(62)70-59(8,9)69-52)68-57-53(67-56(63)48-31-21-14-22-32-48)51(37-43(2)66-57)61(39-46-27-17-12-18-28-46)40-47-29-19-13-20-30-47/h12-36,42-44,51,53-54,57H,37-41H2,1-11H3/t42-,43?,44+,51?,53?,54-,57?,60-/m1/s1. The zero-order valence-electron chi connectivity index (χ0n) is 43.6. The Balaban J connectivity index is 1.30. The van der Waals surface area contributed by atoms with E-state index in [-0.39, 0.29) is 23.1 Å². The largest absolute Gasteiger partial charge is 0.456 e. The van der Waals surface area contributed by atoms with E-state index in [1.807, 2.05) is 75.4 Å². The molecule has 1 fully saturated rings. The minimum Gasteiger partial charge on any atom is -0.456 e. The van der Waals surface area contributed by atoms with Crippen molar-refractivity contribution < 1.29 is 42.4 Å². The predicted octanol–water partition coefficient (Wildman–Crippen LogP) is 11.0. The summed E-state index contributed by atoms with van der Waals surface area (Å²) in [5.41, 5.74) is 1.93. The minimum absolute atomic E-state index is 0.0680. The first-order chi connectivity index (χ1) is 33.8. The van der Waals surface area contributed by atoms with E-state index >= 15 is 0 Å². The Kier molecular flexibility index (Phi) is 17.3. The van der Waals surface area contributed by atoms with Gasteiger partial charge in [-0.15, -0.1) is 0 Å². The number of carbonyl (C=O) groups excluding carboxylic acids is 2. The van der Waals surface area contributed by atoms with Crippen LogP contribution in [-0.4, -0.2) is 80.9 Å². The van der Waals surface area contributed by atoms with Gasteiger partial charge in [-0.3, -0.25) is 4.90 Å². The van der Waals surface area contributed by atoms with E-state index in [2.05, 4.69) is 118 Å². The predicted molar refractivity (Wildman–Crippen MR) is 281 cm³/mol. The van der Waals surface area contributed by atoms with Gasteiger partial charge in [-0.2, -0.15) is 0 Å². The number of hydrogen-bond acceptors (Lipinski definition) is 10. The second-order valence-electron chi connectivity index (χ2n) is 21.3. The zero-order chi connectivity index (χ0) is 51.0. The number of hydrogen-bond donors (Lipinski definition) is 0. The lowest BCUT2D eigenvalue weighted by molar-refractivity contribution is -0.300. The Morgan fingerprint density at radius 3 is 1.75 bits per heavy atom. The molecule has 2 heterocycles. The van der Waals surface area contributed by atoms with E-state index < -0.39 is 56.1 Å².